The first kappa shape index (κ1) is 15.9. The van der Waals surface area contributed by atoms with Crippen LogP contribution in [0.2, 0.25) is 0 Å². The van der Waals surface area contributed by atoms with Crippen LogP contribution in [-0.2, 0) is 4.74 Å². The van der Waals surface area contributed by atoms with Gasteiger partial charge in [0.2, 0.25) is 0 Å². The van der Waals surface area contributed by atoms with Gasteiger partial charge >= 0.3 is 12.0 Å². The van der Waals surface area contributed by atoms with Crippen molar-refractivity contribution in [3.8, 4) is 0 Å². The third-order valence-corrected chi connectivity index (χ3v) is 2.19. The Bertz CT molecular complexity index is 476. The summed E-state index contributed by atoms with van der Waals surface area (Å²) < 4.78 is 28.1. The van der Waals surface area contributed by atoms with E-state index in [1.807, 2.05) is 0 Å². The Labute approximate surface area is 113 Å². The van der Waals surface area contributed by atoms with E-state index in [0.717, 1.165) is 0 Å². The molecular weight excluding hydrogens is 276 g/mol. The average Bonchev–Trinajstić information content (AvgIpc) is 2.69. The number of aryl methyl sites for hydroxylation is 1. The van der Waals surface area contributed by atoms with Crippen molar-refractivity contribution in [1.82, 2.24) is 10.3 Å². The Hall–Kier alpha value is -2.16. The summed E-state index contributed by atoms with van der Waals surface area (Å²) in [6.07, 6.45) is -2.55. The third kappa shape index (κ3) is 5.22. The minimum atomic E-state index is -2.55. The average molecular weight is 291 g/mol. The number of ether oxygens (including phenoxy) is 1. The van der Waals surface area contributed by atoms with Crippen LogP contribution in [0.15, 0.2) is 6.07 Å². The summed E-state index contributed by atoms with van der Waals surface area (Å²) in [7, 11) is 0. The summed E-state index contributed by atoms with van der Waals surface area (Å²) in [5.74, 6) is -1.20. The van der Waals surface area contributed by atoms with Gasteiger partial charge < -0.3 is 25.5 Å². The maximum absolute atomic E-state index is 11.7. The lowest BCUT2D eigenvalue weighted by Crippen LogP contribution is -2.32. The number of anilines is 1. The van der Waals surface area contributed by atoms with Crippen LogP contribution in [0.3, 0.4) is 0 Å². The number of rotatable bonds is 7. The number of carboxylic acid groups (broad SMARTS) is 1. The maximum atomic E-state index is 11.7. The molecule has 1 heterocycles. The molecule has 0 aliphatic carbocycles. The highest BCUT2D eigenvalue weighted by Gasteiger charge is 2.15. The topological polar surface area (TPSA) is 103 Å². The first-order chi connectivity index (χ1) is 9.40. The van der Waals surface area contributed by atoms with Crippen molar-refractivity contribution < 1.29 is 28.2 Å². The number of aromatic carboxylic acids is 1. The van der Waals surface area contributed by atoms with E-state index in [0.29, 0.717) is 5.69 Å². The zero-order chi connectivity index (χ0) is 15.1. The van der Waals surface area contributed by atoms with Crippen molar-refractivity contribution in [1.29, 1.82) is 0 Å². The van der Waals surface area contributed by atoms with Crippen LogP contribution < -0.4 is 10.6 Å². The van der Waals surface area contributed by atoms with E-state index in [1.54, 1.807) is 6.92 Å². The molecule has 1 aromatic heterocycles. The number of halogens is 2. The molecule has 0 bridgehead atoms. The largest absolute Gasteiger partial charge is 0.477 e. The summed E-state index contributed by atoms with van der Waals surface area (Å²) in [4.78, 5) is 24.9. The van der Waals surface area contributed by atoms with Crippen LogP contribution in [-0.4, -0.2) is 48.3 Å². The number of nitrogens with one attached hydrogen (secondary N) is 3. The van der Waals surface area contributed by atoms with Crippen molar-refractivity contribution in [2.24, 2.45) is 0 Å². The van der Waals surface area contributed by atoms with Gasteiger partial charge in [0, 0.05) is 12.2 Å². The van der Waals surface area contributed by atoms with Crippen LogP contribution >= 0.6 is 0 Å². The lowest BCUT2D eigenvalue weighted by atomic mass is 10.3. The minimum absolute atomic E-state index is 0.0321. The third-order valence-electron chi connectivity index (χ3n) is 2.19. The summed E-state index contributed by atoms with van der Waals surface area (Å²) >= 11 is 0. The predicted molar refractivity (Wildman–Crippen MR) is 66.3 cm³/mol. The van der Waals surface area contributed by atoms with Crippen molar-refractivity contribution in [2.75, 3.05) is 25.1 Å². The van der Waals surface area contributed by atoms with E-state index >= 15 is 0 Å². The number of urea groups is 1. The summed E-state index contributed by atoms with van der Waals surface area (Å²) in [6, 6.07) is 0.822. The molecule has 1 aromatic rings. The van der Waals surface area contributed by atoms with Crippen LogP contribution in [0, 0.1) is 6.92 Å². The number of aromatic amines is 1. The molecule has 0 unspecified atom stereocenters. The molecule has 112 valence electrons. The number of H-pyrrole nitrogens is 1. The fraction of sp³-hybridized carbons (Fsp3) is 0.455. The molecule has 0 aliphatic heterocycles. The molecule has 0 aromatic carbocycles. The zero-order valence-corrected chi connectivity index (χ0v) is 10.7. The van der Waals surface area contributed by atoms with Crippen molar-refractivity contribution in [3.05, 3.63) is 17.5 Å². The molecule has 7 nitrogen and oxygen atoms in total. The second kappa shape index (κ2) is 7.43. The standard InChI is InChI=1S/C11H15F2N3O4/c1-6-4-7(9(15-6)10(17)18)16-11(19)14-2-3-20-5-8(12)13/h4,8,15H,2-3,5H2,1H3,(H,17,18)(H2,14,16,19). The molecule has 0 aliphatic rings. The van der Waals surface area contributed by atoms with Gasteiger partial charge in [-0.3, -0.25) is 0 Å². The Morgan fingerprint density at radius 2 is 2.20 bits per heavy atom. The van der Waals surface area contributed by atoms with E-state index in [-0.39, 0.29) is 24.5 Å². The summed E-state index contributed by atoms with van der Waals surface area (Å²) in [5, 5.41) is 13.6. The van der Waals surface area contributed by atoms with E-state index < -0.39 is 25.0 Å². The highest BCUT2D eigenvalue weighted by molar-refractivity contribution is 5.99. The quantitative estimate of drug-likeness (QED) is 0.570. The summed E-state index contributed by atoms with van der Waals surface area (Å²) in [5.41, 5.74) is 0.575. The van der Waals surface area contributed by atoms with Gasteiger partial charge in [0.1, 0.15) is 12.3 Å². The normalized spacial score (nSPS) is 10.6. The van der Waals surface area contributed by atoms with E-state index in [4.69, 9.17) is 5.11 Å². The number of carbonyl (C=O) groups is 2. The fourth-order valence-corrected chi connectivity index (χ4v) is 1.43. The number of carboxylic acids is 1. The van der Waals surface area contributed by atoms with Gasteiger partial charge in [0.25, 0.3) is 6.43 Å². The lowest BCUT2D eigenvalue weighted by molar-refractivity contribution is 0.0194. The highest BCUT2D eigenvalue weighted by atomic mass is 19.3. The molecular formula is C11H15F2N3O4. The number of carbonyl (C=O) groups excluding carboxylic acids is 1. The number of aromatic nitrogens is 1. The lowest BCUT2D eigenvalue weighted by Gasteiger charge is -2.07. The Balaban J connectivity index is 2.37. The predicted octanol–water partition coefficient (Wildman–Crippen LogP) is 1.42. The van der Waals surface area contributed by atoms with Gasteiger partial charge in [-0.15, -0.1) is 0 Å². The Morgan fingerprint density at radius 1 is 1.50 bits per heavy atom. The zero-order valence-electron chi connectivity index (χ0n) is 10.7. The minimum Gasteiger partial charge on any atom is -0.477 e. The van der Waals surface area contributed by atoms with Crippen LogP contribution in [0.25, 0.3) is 0 Å². The van der Waals surface area contributed by atoms with E-state index in [9.17, 15) is 18.4 Å². The van der Waals surface area contributed by atoms with Crippen LogP contribution in [0.4, 0.5) is 19.3 Å². The number of hydrogen-bond acceptors (Lipinski definition) is 3. The molecule has 0 saturated carbocycles. The highest BCUT2D eigenvalue weighted by Crippen LogP contribution is 2.16. The molecule has 20 heavy (non-hydrogen) atoms. The second-order valence-corrected chi connectivity index (χ2v) is 3.89. The molecule has 0 saturated heterocycles. The monoisotopic (exact) mass is 291 g/mol. The van der Waals surface area contributed by atoms with Gasteiger partial charge in [-0.05, 0) is 13.0 Å². The summed E-state index contributed by atoms with van der Waals surface area (Å²) in [6.45, 7) is 0.928. The van der Waals surface area contributed by atoms with Gasteiger partial charge in [-0.1, -0.05) is 0 Å². The number of alkyl halides is 2. The first-order valence-electron chi connectivity index (χ1n) is 5.73. The number of amides is 2. The molecule has 0 spiro atoms. The second-order valence-electron chi connectivity index (χ2n) is 3.89. The van der Waals surface area contributed by atoms with Crippen LogP contribution in [0.1, 0.15) is 16.2 Å². The molecule has 0 fully saturated rings. The van der Waals surface area contributed by atoms with E-state index in [2.05, 4.69) is 20.4 Å². The van der Waals surface area contributed by atoms with Gasteiger partial charge in [0.15, 0.2) is 0 Å². The van der Waals surface area contributed by atoms with Crippen molar-refractivity contribution >= 4 is 17.7 Å². The Morgan fingerprint density at radius 3 is 2.80 bits per heavy atom. The molecule has 0 atom stereocenters. The van der Waals surface area contributed by atoms with Crippen LogP contribution in [0.5, 0.6) is 0 Å². The van der Waals surface area contributed by atoms with Crippen molar-refractivity contribution in [2.45, 2.75) is 13.3 Å². The van der Waals surface area contributed by atoms with Gasteiger partial charge in [-0.2, -0.15) is 0 Å². The number of hydrogen-bond donors (Lipinski definition) is 4. The molecule has 2 amide bonds. The molecule has 9 heteroatoms. The smallest absolute Gasteiger partial charge is 0.354 e. The maximum Gasteiger partial charge on any atom is 0.354 e. The van der Waals surface area contributed by atoms with E-state index in [1.165, 1.54) is 6.07 Å². The van der Waals surface area contributed by atoms with Crippen molar-refractivity contribution in [3.63, 3.8) is 0 Å². The molecule has 0 radical (unpaired) electrons. The van der Waals surface area contributed by atoms with Gasteiger partial charge in [-0.25, -0.2) is 18.4 Å². The van der Waals surface area contributed by atoms with Gasteiger partial charge in [0.05, 0.1) is 12.3 Å². The first-order valence-corrected chi connectivity index (χ1v) is 5.73. The fourth-order valence-electron chi connectivity index (χ4n) is 1.43. The molecule has 4 N–H and O–H groups in total. The SMILES string of the molecule is Cc1cc(NC(=O)NCCOCC(F)F)c(C(=O)O)[nH]1. The Kier molecular flexibility index (Phi) is 5.91. The molecule has 1 rings (SSSR count).